The molecule has 0 rings (SSSR count). The van der Waals surface area contributed by atoms with Crippen molar-refractivity contribution < 1.29 is 49.9 Å². The van der Waals surface area contributed by atoms with Crippen LogP contribution >= 0.6 is 23.8 Å². The van der Waals surface area contributed by atoms with E-state index in [9.17, 15) is 4.57 Å². The Kier molecular flexibility index (Phi) is 11.2. The molecule has 0 aliphatic rings. The Morgan fingerprint density at radius 3 is 2.36 bits per heavy atom. The van der Waals surface area contributed by atoms with E-state index in [1.807, 2.05) is 0 Å². The van der Waals surface area contributed by atoms with Crippen LogP contribution in [-0.2, 0) is 9.09 Å². The molecule has 2 N–H and O–H groups in total. The van der Waals surface area contributed by atoms with Crippen LogP contribution in [0.5, 0.6) is 0 Å². The number of halogens is 1. The van der Waals surface area contributed by atoms with Gasteiger partial charge in [0.1, 0.15) is 0 Å². The zero-order valence-electron chi connectivity index (χ0n) is 7.36. The molecule has 0 spiro atoms. The van der Waals surface area contributed by atoms with Gasteiger partial charge >= 0.3 is 37.4 Å². The molecule has 0 fully saturated rings. The summed E-state index contributed by atoms with van der Waals surface area (Å²) in [5.74, 6) is 0. The minimum Gasteiger partial charge on any atom is -1.00 e. The molecule has 0 aromatic carbocycles. The molecule has 0 aromatic rings. The summed E-state index contributed by atoms with van der Waals surface area (Å²) in [4.78, 5) is 16.4. The van der Waals surface area contributed by atoms with Gasteiger partial charge in [-0.25, -0.2) is 4.57 Å². The third-order valence-corrected chi connectivity index (χ3v) is 1.87. The molecule has 7 heteroatoms. The zero-order valence-corrected chi connectivity index (χ0v) is 10.8. The second kappa shape index (κ2) is 8.20. The van der Waals surface area contributed by atoms with Gasteiger partial charge in [0.2, 0.25) is 0 Å². The fraction of sp³-hybridized carbons (Fsp3) is 1.00. The SMILES string of the molecule is O=P(O)(O)OCCCCBr.[H-].[Na+]. The van der Waals surface area contributed by atoms with E-state index in [2.05, 4.69) is 20.5 Å². The van der Waals surface area contributed by atoms with E-state index in [0.29, 0.717) is 6.42 Å². The quantitative estimate of drug-likeness (QED) is 0.269. The predicted molar refractivity (Wildman–Crippen MR) is 42.1 cm³/mol. The van der Waals surface area contributed by atoms with Crippen LogP contribution in [0.2, 0.25) is 0 Å². The molecule has 4 nitrogen and oxygen atoms in total. The summed E-state index contributed by atoms with van der Waals surface area (Å²) in [6.07, 6.45) is 1.52. The maximum Gasteiger partial charge on any atom is 1.00 e. The monoisotopic (exact) mass is 256 g/mol. The molecule has 0 atom stereocenters. The van der Waals surface area contributed by atoms with Crippen LogP contribution in [-0.4, -0.2) is 21.7 Å². The number of alkyl halides is 1. The van der Waals surface area contributed by atoms with Crippen LogP contribution in [0.15, 0.2) is 0 Å². The number of phosphoric acid groups is 1. The standard InChI is InChI=1S/C4H10BrO4P.Na.H/c5-3-1-2-4-9-10(6,7)8;;/h1-4H2,(H2,6,7,8);;/q;+1;-1. The van der Waals surface area contributed by atoms with Crippen LogP contribution in [0.25, 0.3) is 0 Å². The third-order valence-electron chi connectivity index (χ3n) is 0.787. The van der Waals surface area contributed by atoms with Crippen molar-refractivity contribution in [1.29, 1.82) is 0 Å². The van der Waals surface area contributed by atoms with Crippen molar-refractivity contribution in [3.63, 3.8) is 0 Å². The molecule has 0 amide bonds. The summed E-state index contributed by atoms with van der Waals surface area (Å²) >= 11 is 3.18. The van der Waals surface area contributed by atoms with Crippen molar-refractivity contribution in [2.75, 3.05) is 11.9 Å². The Hall–Kier alpha value is 1.59. The van der Waals surface area contributed by atoms with Gasteiger partial charge in [-0.3, -0.25) is 4.52 Å². The van der Waals surface area contributed by atoms with Crippen LogP contribution < -0.4 is 29.6 Å². The number of phosphoric ester groups is 1. The maximum atomic E-state index is 10.1. The van der Waals surface area contributed by atoms with Crippen molar-refractivity contribution in [1.82, 2.24) is 0 Å². The van der Waals surface area contributed by atoms with Gasteiger partial charge in [-0.05, 0) is 12.8 Å². The largest absolute Gasteiger partial charge is 1.00 e. The molecule has 0 aliphatic carbocycles. The van der Waals surface area contributed by atoms with Gasteiger partial charge in [0, 0.05) is 5.33 Å². The molecule has 0 unspecified atom stereocenters. The van der Waals surface area contributed by atoms with E-state index >= 15 is 0 Å². The molecule has 64 valence electrons. The first-order valence-electron chi connectivity index (χ1n) is 2.82. The second-order valence-electron chi connectivity index (χ2n) is 1.72. The predicted octanol–water partition coefficient (Wildman–Crippen LogP) is -1.61. The molecule has 0 aromatic heterocycles. The molecule has 0 saturated carbocycles. The average Bonchev–Trinajstić information content (AvgIpc) is 1.78. The summed E-state index contributed by atoms with van der Waals surface area (Å²) in [6, 6.07) is 0. The average molecular weight is 257 g/mol. The van der Waals surface area contributed by atoms with Crippen molar-refractivity contribution in [2.45, 2.75) is 12.8 Å². The first-order chi connectivity index (χ1) is 4.56. The van der Waals surface area contributed by atoms with E-state index in [-0.39, 0.29) is 37.6 Å². The van der Waals surface area contributed by atoms with E-state index in [1.54, 1.807) is 0 Å². The fourth-order valence-corrected chi connectivity index (χ4v) is 1.14. The Bertz CT molecular complexity index is 132. The first-order valence-corrected chi connectivity index (χ1v) is 5.47. The van der Waals surface area contributed by atoms with Crippen LogP contribution in [0, 0.1) is 0 Å². The Labute approximate surface area is 97.9 Å². The topological polar surface area (TPSA) is 66.8 Å². The number of hydrogen-bond donors (Lipinski definition) is 2. The molecule has 0 aliphatic heterocycles. The van der Waals surface area contributed by atoms with Crippen molar-refractivity contribution in [3.8, 4) is 0 Å². The van der Waals surface area contributed by atoms with Gasteiger partial charge in [-0.2, -0.15) is 0 Å². The maximum absolute atomic E-state index is 10.1. The summed E-state index contributed by atoms with van der Waals surface area (Å²) in [7, 11) is -4.22. The van der Waals surface area contributed by atoms with Gasteiger partial charge in [-0.15, -0.1) is 0 Å². The van der Waals surface area contributed by atoms with E-state index in [0.717, 1.165) is 11.8 Å². The van der Waals surface area contributed by atoms with Crippen molar-refractivity contribution in [3.05, 3.63) is 0 Å². The number of unbranched alkanes of at least 4 members (excludes halogenated alkanes) is 1. The minimum atomic E-state index is -4.22. The molecule has 0 bridgehead atoms. The van der Waals surface area contributed by atoms with Gasteiger partial charge in [-0.1, -0.05) is 15.9 Å². The molecular formula is C4H11BrNaO4P. The van der Waals surface area contributed by atoms with E-state index < -0.39 is 7.82 Å². The fourth-order valence-electron chi connectivity index (χ4n) is 0.380. The second-order valence-corrected chi connectivity index (χ2v) is 3.75. The van der Waals surface area contributed by atoms with Crippen molar-refractivity contribution >= 4 is 23.8 Å². The molecule has 0 radical (unpaired) electrons. The van der Waals surface area contributed by atoms with Gasteiger partial charge in [0.25, 0.3) is 0 Å². The van der Waals surface area contributed by atoms with Gasteiger partial charge in [0.05, 0.1) is 6.61 Å². The normalized spacial score (nSPS) is 10.8. The zero-order chi connectivity index (χ0) is 8.04. The molecule has 0 saturated heterocycles. The summed E-state index contributed by atoms with van der Waals surface area (Å²) in [6.45, 7) is 0.121. The summed E-state index contributed by atoms with van der Waals surface area (Å²) in [5.41, 5.74) is 0. The number of rotatable bonds is 5. The Morgan fingerprint density at radius 1 is 1.45 bits per heavy atom. The third kappa shape index (κ3) is 14.4. The molecular weight excluding hydrogens is 246 g/mol. The van der Waals surface area contributed by atoms with Crippen LogP contribution in [0.1, 0.15) is 14.3 Å². The van der Waals surface area contributed by atoms with Crippen molar-refractivity contribution in [2.24, 2.45) is 0 Å². The smallest absolute Gasteiger partial charge is 1.00 e. The van der Waals surface area contributed by atoms with Crippen LogP contribution in [0.4, 0.5) is 0 Å². The molecule has 11 heavy (non-hydrogen) atoms. The summed E-state index contributed by atoms with van der Waals surface area (Å²) < 4.78 is 14.2. The van der Waals surface area contributed by atoms with Gasteiger partial charge < -0.3 is 11.2 Å². The Balaban J connectivity index is -0.000000405. The van der Waals surface area contributed by atoms with Gasteiger partial charge in [0.15, 0.2) is 0 Å². The Morgan fingerprint density at radius 2 is 2.00 bits per heavy atom. The first kappa shape index (κ1) is 15.1. The van der Waals surface area contributed by atoms with E-state index in [1.165, 1.54) is 0 Å². The summed E-state index contributed by atoms with van der Waals surface area (Å²) in [5, 5.41) is 0.831. The molecule has 0 heterocycles. The minimum absolute atomic E-state index is 0. The van der Waals surface area contributed by atoms with Crippen LogP contribution in [0.3, 0.4) is 0 Å². The van der Waals surface area contributed by atoms with E-state index in [4.69, 9.17) is 9.79 Å². The number of hydrogen-bond acceptors (Lipinski definition) is 2.